The van der Waals surface area contributed by atoms with Crippen molar-refractivity contribution >= 4 is 24.8 Å². The first-order chi connectivity index (χ1) is 4.83. The molecular formula is C8H20Cl2N2. The van der Waals surface area contributed by atoms with Crippen molar-refractivity contribution in [3.63, 3.8) is 0 Å². The quantitative estimate of drug-likeness (QED) is 0.773. The fourth-order valence-electron chi connectivity index (χ4n) is 1.54. The van der Waals surface area contributed by atoms with Gasteiger partial charge in [-0.2, -0.15) is 0 Å². The SMILES string of the molecule is C[C@@H]1CCN(CCCN)C1.Cl.Cl. The van der Waals surface area contributed by atoms with Crippen LogP contribution in [0.4, 0.5) is 0 Å². The van der Waals surface area contributed by atoms with Gasteiger partial charge in [-0.15, -0.1) is 24.8 Å². The zero-order valence-electron chi connectivity index (χ0n) is 7.66. The van der Waals surface area contributed by atoms with Crippen LogP contribution in [0.1, 0.15) is 19.8 Å². The monoisotopic (exact) mass is 214 g/mol. The van der Waals surface area contributed by atoms with Gasteiger partial charge in [0.25, 0.3) is 0 Å². The van der Waals surface area contributed by atoms with Crippen LogP contribution in [-0.4, -0.2) is 31.1 Å². The number of nitrogens with two attached hydrogens (primary N) is 1. The van der Waals surface area contributed by atoms with E-state index in [0.29, 0.717) is 0 Å². The van der Waals surface area contributed by atoms with Crippen LogP contribution >= 0.6 is 24.8 Å². The summed E-state index contributed by atoms with van der Waals surface area (Å²) in [6.45, 7) is 6.95. The van der Waals surface area contributed by atoms with Crippen LogP contribution in [0.15, 0.2) is 0 Å². The molecule has 76 valence electrons. The Balaban J connectivity index is 0. The largest absolute Gasteiger partial charge is 0.330 e. The first kappa shape index (κ1) is 15.0. The minimum absolute atomic E-state index is 0. The number of nitrogens with zero attached hydrogens (tertiary/aromatic N) is 1. The number of hydrogen-bond acceptors (Lipinski definition) is 2. The van der Waals surface area contributed by atoms with Crippen molar-refractivity contribution in [2.24, 2.45) is 11.7 Å². The zero-order chi connectivity index (χ0) is 7.40. The smallest absolute Gasteiger partial charge is 0.000750 e. The molecule has 2 N–H and O–H groups in total. The fraction of sp³-hybridized carbons (Fsp3) is 1.00. The molecular weight excluding hydrogens is 195 g/mol. The summed E-state index contributed by atoms with van der Waals surface area (Å²) in [5.74, 6) is 0.915. The Bertz CT molecular complexity index is 101. The highest BCUT2D eigenvalue weighted by atomic mass is 35.5. The standard InChI is InChI=1S/C8H18N2.2ClH/c1-8-3-6-10(7-8)5-2-4-9;;/h8H,2-7,9H2,1H3;2*1H/t8-;;/m1../s1. The molecule has 0 aromatic rings. The molecule has 0 amide bonds. The van der Waals surface area contributed by atoms with Crippen molar-refractivity contribution in [2.45, 2.75) is 19.8 Å². The van der Waals surface area contributed by atoms with Gasteiger partial charge in [-0.1, -0.05) is 6.92 Å². The van der Waals surface area contributed by atoms with E-state index in [1.807, 2.05) is 0 Å². The lowest BCUT2D eigenvalue weighted by Gasteiger charge is -2.13. The third-order valence-electron chi connectivity index (χ3n) is 2.19. The summed E-state index contributed by atoms with van der Waals surface area (Å²) in [6.07, 6.45) is 2.54. The molecule has 0 spiro atoms. The van der Waals surface area contributed by atoms with E-state index in [4.69, 9.17) is 5.73 Å². The molecule has 0 bridgehead atoms. The van der Waals surface area contributed by atoms with Crippen molar-refractivity contribution in [3.05, 3.63) is 0 Å². The maximum Gasteiger partial charge on any atom is 0.000750 e. The normalized spacial score (nSPS) is 23.0. The predicted octanol–water partition coefficient (Wildman–Crippen LogP) is 1.52. The number of rotatable bonds is 3. The van der Waals surface area contributed by atoms with Gasteiger partial charge in [-0.25, -0.2) is 0 Å². The minimum Gasteiger partial charge on any atom is -0.330 e. The summed E-state index contributed by atoms with van der Waals surface area (Å²) in [5, 5.41) is 0. The van der Waals surface area contributed by atoms with E-state index in [9.17, 15) is 0 Å². The molecule has 0 saturated carbocycles. The Kier molecular flexibility index (Phi) is 10.1. The molecule has 0 aromatic heterocycles. The average Bonchev–Trinajstić information content (AvgIpc) is 2.31. The van der Waals surface area contributed by atoms with Gasteiger partial charge in [0, 0.05) is 6.54 Å². The predicted molar refractivity (Wildman–Crippen MR) is 58.4 cm³/mol. The van der Waals surface area contributed by atoms with Gasteiger partial charge in [0.2, 0.25) is 0 Å². The Morgan fingerprint density at radius 2 is 2.08 bits per heavy atom. The fourth-order valence-corrected chi connectivity index (χ4v) is 1.54. The van der Waals surface area contributed by atoms with Crippen molar-refractivity contribution in [2.75, 3.05) is 26.2 Å². The molecule has 0 aromatic carbocycles. The van der Waals surface area contributed by atoms with Crippen molar-refractivity contribution in [3.8, 4) is 0 Å². The van der Waals surface area contributed by atoms with Crippen LogP contribution in [0.25, 0.3) is 0 Å². The third-order valence-corrected chi connectivity index (χ3v) is 2.19. The Morgan fingerprint density at radius 1 is 1.42 bits per heavy atom. The Morgan fingerprint density at radius 3 is 2.50 bits per heavy atom. The maximum atomic E-state index is 5.41. The van der Waals surface area contributed by atoms with Gasteiger partial charge in [-0.05, 0) is 38.4 Å². The van der Waals surface area contributed by atoms with E-state index in [1.165, 1.54) is 26.1 Å². The molecule has 0 radical (unpaired) electrons. The number of hydrogen-bond donors (Lipinski definition) is 1. The topological polar surface area (TPSA) is 29.3 Å². The van der Waals surface area contributed by atoms with Gasteiger partial charge in [0.05, 0.1) is 0 Å². The summed E-state index contributed by atoms with van der Waals surface area (Å²) in [5.41, 5.74) is 5.41. The van der Waals surface area contributed by atoms with Crippen LogP contribution in [0.2, 0.25) is 0 Å². The van der Waals surface area contributed by atoms with Gasteiger partial charge < -0.3 is 10.6 Å². The van der Waals surface area contributed by atoms with Crippen molar-refractivity contribution in [1.82, 2.24) is 4.90 Å². The summed E-state index contributed by atoms with van der Waals surface area (Å²) < 4.78 is 0. The lowest BCUT2D eigenvalue weighted by molar-refractivity contribution is 0.325. The highest BCUT2D eigenvalue weighted by molar-refractivity contribution is 5.85. The summed E-state index contributed by atoms with van der Waals surface area (Å²) in [7, 11) is 0. The number of likely N-dealkylation sites (tertiary alicyclic amines) is 1. The van der Waals surface area contributed by atoms with Crippen LogP contribution in [0.5, 0.6) is 0 Å². The van der Waals surface area contributed by atoms with Gasteiger partial charge >= 0.3 is 0 Å². The van der Waals surface area contributed by atoms with E-state index in [1.54, 1.807) is 0 Å². The zero-order valence-corrected chi connectivity index (χ0v) is 9.29. The summed E-state index contributed by atoms with van der Waals surface area (Å²) >= 11 is 0. The number of halogens is 2. The third kappa shape index (κ3) is 5.20. The second-order valence-electron chi connectivity index (χ2n) is 3.34. The molecule has 2 nitrogen and oxygen atoms in total. The molecule has 12 heavy (non-hydrogen) atoms. The first-order valence-corrected chi connectivity index (χ1v) is 4.25. The Labute approximate surface area is 87.7 Å². The minimum atomic E-state index is 0. The molecule has 1 fully saturated rings. The Hall–Kier alpha value is 0.500. The molecule has 0 aliphatic carbocycles. The van der Waals surface area contributed by atoms with Crippen LogP contribution < -0.4 is 5.73 Å². The molecule has 1 aliphatic rings. The lowest BCUT2D eigenvalue weighted by Crippen LogP contribution is -2.23. The first-order valence-electron chi connectivity index (χ1n) is 4.25. The highest BCUT2D eigenvalue weighted by Gasteiger charge is 2.16. The van der Waals surface area contributed by atoms with Crippen molar-refractivity contribution in [1.29, 1.82) is 0 Å². The van der Waals surface area contributed by atoms with E-state index in [2.05, 4.69) is 11.8 Å². The lowest BCUT2D eigenvalue weighted by atomic mass is 10.2. The summed E-state index contributed by atoms with van der Waals surface area (Å²) in [4.78, 5) is 2.51. The molecule has 4 heteroatoms. The second-order valence-corrected chi connectivity index (χ2v) is 3.34. The second kappa shape index (κ2) is 8.11. The highest BCUT2D eigenvalue weighted by Crippen LogP contribution is 2.14. The van der Waals surface area contributed by atoms with Crippen LogP contribution in [-0.2, 0) is 0 Å². The van der Waals surface area contributed by atoms with E-state index in [-0.39, 0.29) is 24.8 Å². The molecule has 1 atom stereocenters. The molecule has 1 saturated heterocycles. The molecule has 0 unspecified atom stereocenters. The van der Waals surface area contributed by atoms with E-state index in [0.717, 1.165) is 18.9 Å². The van der Waals surface area contributed by atoms with E-state index >= 15 is 0 Å². The van der Waals surface area contributed by atoms with Crippen LogP contribution in [0, 0.1) is 5.92 Å². The van der Waals surface area contributed by atoms with Gasteiger partial charge in [0.15, 0.2) is 0 Å². The van der Waals surface area contributed by atoms with Crippen molar-refractivity contribution < 1.29 is 0 Å². The molecule has 1 aliphatic heterocycles. The average molecular weight is 215 g/mol. The van der Waals surface area contributed by atoms with Gasteiger partial charge in [0.1, 0.15) is 0 Å². The van der Waals surface area contributed by atoms with E-state index < -0.39 is 0 Å². The van der Waals surface area contributed by atoms with Gasteiger partial charge in [-0.3, -0.25) is 0 Å². The molecule has 1 rings (SSSR count). The summed E-state index contributed by atoms with van der Waals surface area (Å²) in [6, 6.07) is 0. The molecule has 1 heterocycles. The van der Waals surface area contributed by atoms with Crippen LogP contribution in [0.3, 0.4) is 0 Å². The maximum absolute atomic E-state index is 5.41.